The predicted octanol–water partition coefficient (Wildman–Crippen LogP) is 4.12. The normalized spacial score (nSPS) is 14.8. The molecule has 1 heterocycles. The molecule has 1 aliphatic rings. The summed E-state index contributed by atoms with van der Waals surface area (Å²) >= 11 is 6.48. The van der Waals surface area contributed by atoms with Gasteiger partial charge in [-0.1, -0.05) is 30.7 Å². The van der Waals surface area contributed by atoms with Crippen molar-refractivity contribution in [3.8, 4) is 5.75 Å². The molecule has 0 spiro atoms. The molecule has 0 bridgehead atoms. The summed E-state index contributed by atoms with van der Waals surface area (Å²) in [5.74, 6) is 0.495. The van der Waals surface area contributed by atoms with Crippen LogP contribution in [0, 0.1) is 13.8 Å². The first-order chi connectivity index (χ1) is 13.5. The summed E-state index contributed by atoms with van der Waals surface area (Å²) in [7, 11) is 0. The second-order valence-electron chi connectivity index (χ2n) is 7.14. The number of aryl methyl sites for hydroxylation is 2. The van der Waals surface area contributed by atoms with Crippen molar-refractivity contribution >= 4 is 28.9 Å². The molecular weight excluding hydrogens is 374 g/mol. The van der Waals surface area contributed by atoms with Crippen molar-refractivity contribution in [2.24, 2.45) is 0 Å². The number of hydrogen-bond acceptors (Lipinski definition) is 4. The molecule has 6 heteroatoms. The van der Waals surface area contributed by atoms with Gasteiger partial charge in [-0.05, 0) is 55.8 Å². The minimum atomic E-state index is -0.200. The van der Waals surface area contributed by atoms with E-state index in [2.05, 4.69) is 22.0 Å². The fraction of sp³-hybridized carbons (Fsp3) is 0.409. The highest BCUT2D eigenvalue weighted by Gasteiger charge is 2.21. The van der Waals surface area contributed by atoms with Crippen LogP contribution in [0.5, 0.6) is 5.75 Å². The maximum atomic E-state index is 12.5. The molecule has 3 rings (SSSR count). The van der Waals surface area contributed by atoms with Gasteiger partial charge in [0.1, 0.15) is 5.75 Å². The number of hydrogen-bond donors (Lipinski definition) is 1. The van der Waals surface area contributed by atoms with Crippen LogP contribution >= 0.6 is 11.6 Å². The average molecular weight is 402 g/mol. The number of para-hydroxylation sites is 1. The molecule has 0 radical (unpaired) electrons. The van der Waals surface area contributed by atoms with E-state index in [0.717, 1.165) is 49.7 Å². The Kier molecular flexibility index (Phi) is 6.81. The first-order valence-corrected chi connectivity index (χ1v) is 10.1. The second kappa shape index (κ2) is 9.30. The molecule has 0 aromatic heterocycles. The molecule has 1 saturated heterocycles. The SMILES string of the molecule is CCN1CCN(c2c(Cl)cccc2NC(=O)COc2ccc(C)c(C)c2)CC1. The molecule has 1 N–H and O–H groups in total. The van der Waals surface area contributed by atoms with Crippen LogP contribution in [0.3, 0.4) is 0 Å². The van der Waals surface area contributed by atoms with E-state index in [-0.39, 0.29) is 12.5 Å². The third-order valence-corrected chi connectivity index (χ3v) is 5.55. The van der Waals surface area contributed by atoms with Crippen LogP contribution in [-0.4, -0.2) is 50.1 Å². The summed E-state index contributed by atoms with van der Waals surface area (Å²) in [5.41, 5.74) is 3.95. The number of likely N-dealkylation sites (N-methyl/N-ethyl adjacent to an activating group) is 1. The van der Waals surface area contributed by atoms with Gasteiger partial charge in [0, 0.05) is 26.2 Å². The maximum Gasteiger partial charge on any atom is 0.262 e. The van der Waals surface area contributed by atoms with Crippen molar-refractivity contribution < 1.29 is 9.53 Å². The van der Waals surface area contributed by atoms with E-state index in [0.29, 0.717) is 10.8 Å². The van der Waals surface area contributed by atoms with Gasteiger partial charge in [0.15, 0.2) is 6.61 Å². The molecular formula is C22H28ClN3O2. The average Bonchev–Trinajstić information content (AvgIpc) is 2.69. The number of nitrogens with zero attached hydrogens (tertiary/aromatic N) is 2. The lowest BCUT2D eigenvalue weighted by atomic mass is 10.1. The van der Waals surface area contributed by atoms with E-state index in [4.69, 9.17) is 16.3 Å². The number of amides is 1. The lowest BCUT2D eigenvalue weighted by Crippen LogP contribution is -2.46. The van der Waals surface area contributed by atoms with Gasteiger partial charge in [-0.3, -0.25) is 4.79 Å². The molecule has 0 unspecified atom stereocenters. The Morgan fingerprint density at radius 3 is 2.54 bits per heavy atom. The summed E-state index contributed by atoms with van der Waals surface area (Å²) < 4.78 is 5.65. The standard InChI is InChI=1S/C22H28ClN3O2/c1-4-25-10-12-26(13-11-25)22-19(23)6-5-7-20(22)24-21(27)15-28-18-9-8-16(2)17(3)14-18/h5-9,14H,4,10-13,15H2,1-3H3,(H,24,27). The van der Waals surface area contributed by atoms with Crippen molar-refractivity contribution in [2.75, 3.05) is 49.5 Å². The number of piperazine rings is 1. The maximum absolute atomic E-state index is 12.5. The van der Waals surface area contributed by atoms with Gasteiger partial charge in [0.25, 0.3) is 5.91 Å². The van der Waals surface area contributed by atoms with E-state index in [9.17, 15) is 4.79 Å². The highest BCUT2D eigenvalue weighted by atomic mass is 35.5. The number of anilines is 2. The summed E-state index contributed by atoms with van der Waals surface area (Å²) in [4.78, 5) is 17.1. The van der Waals surface area contributed by atoms with Crippen molar-refractivity contribution in [3.05, 3.63) is 52.5 Å². The van der Waals surface area contributed by atoms with Crippen molar-refractivity contribution in [1.29, 1.82) is 0 Å². The monoisotopic (exact) mass is 401 g/mol. The smallest absolute Gasteiger partial charge is 0.262 e. The van der Waals surface area contributed by atoms with Crippen molar-refractivity contribution in [2.45, 2.75) is 20.8 Å². The molecule has 0 saturated carbocycles. The zero-order valence-corrected chi connectivity index (χ0v) is 17.6. The molecule has 0 aliphatic carbocycles. The molecule has 1 fully saturated rings. The third-order valence-electron chi connectivity index (χ3n) is 5.24. The Hall–Kier alpha value is -2.24. The van der Waals surface area contributed by atoms with Crippen LogP contribution in [0.2, 0.25) is 5.02 Å². The molecule has 2 aromatic rings. The summed E-state index contributed by atoms with van der Waals surface area (Å²) in [6, 6.07) is 11.4. The predicted molar refractivity (Wildman–Crippen MR) is 116 cm³/mol. The molecule has 1 amide bonds. The molecule has 5 nitrogen and oxygen atoms in total. The van der Waals surface area contributed by atoms with Gasteiger partial charge >= 0.3 is 0 Å². The summed E-state index contributed by atoms with van der Waals surface area (Å²) in [6.45, 7) is 11.0. The lowest BCUT2D eigenvalue weighted by Gasteiger charge is -2.36. The molecule has 0 atom stereocenters. The van der Waals surface area contributed by atoms with Gasteiger partial charge < -0.3 is 19.9 Å². The van der Waals surface area contributed by atoms with E-state index in [1.54, 1.807) is 0 Å². The Morgan fingerprint density at radius 1 is 1.11 bits per heavy atom. The first kappa shape index (κ1) is 20.5. The highest BCUT2D eigenvalue weighted by Crippen LogP contribution is 2.34. The van der Waals surface area contributed by atoms with Gasteiger partial charge in [-0.2, -0.15) is 0 Å². The molecule has 150 valence electrons. The van der Waals surface area contributed by atoms with Crippen molar-refractivity contribution in [3.63, 3.8) is 0 Å². The van der Waals surface area contributed by atoms with Crippen LogP contribution in [0.25, 0.3) is 0 Å². The van der Waals surface area contributed by atoms with E-state index < -0.39 is 0 Å². The van der Waals surface area contributed by atoms with Crippen LogP contribution < -0.4 is 15.0 Å². The minimum absolute atomic E-state index is 0.0436. The quantitative estimate of drug-likeness (QED) is 0.790. The second-order valence-corrected chi connectivity index (χ2v) is 7.55. The van der Waals surface area contributed by atoms with Crippen LogP contribution in [0.1, 0.15) is 18.1 Å². The Bertz CT molecular complexity index is 833. The highest BCUT2D eigenvalue weighted by molar-refractivity contribution is 6.34. The third kappa shape index (κ3) is 4.97. The van der Waals surface area contributed by atoms with E-state index >= 15 is 0 Å². The zero-order chi connectivity index (χ0) is 20.1. The lowest BCUT2D eigenvalue weighted by molar-refractivity contribution is -0.118. The van der Waals surface area contributed by atoms with Crippen LogP contribution in [0.15, 0.2) is 36.4 Å². The molecule has 1 aliphatic heterocycles. The zero-order valence-electron chi connectivity index (χ0n) is 16.8. The summed E-state index contributed by atoms with van der Waals surface area (Å²) in [6.07, 6.45) is 0. The van der Waals surface area contributed by atoms with Gasteiger partial charge in [-0.25, -0.2) is 0 Å². The van der Waals surface area contributed by atoms with E-state index in [1.807, 2.05) is 50.2 Å². The number of carbonyl (C=O) groups excluding carboxylic acids is 1. The Balaban J connectivity index is 1.65. The number of halogens is 1. The van der Waals surface area contributed by atoms with Crippen molar-refractivity contribution in [1.82, 2.24) is 4.90 Å². The van der Waals surface area contributed by atoms with Gasteiger partial charge in [0.05, 0.1) is 16.4 Å². The molecule has 28 heavy (non-hydrogen) atoms. The number of carbonyl (C=O) groups is 1. The van der Waals surface area contributed by atoms with Gasteiger partial charge in [-0.15, -0.1) is 0 Å². The van der Waals surface area contributed by atoms with E-state index in [1.165, 1.54) is 5.56 Å². The number of rotatable bonds is 6. The first-order valence-electron chi connectivity index (χ1n) is 9.73. The Labute approximate surface area is 172 Å². The fourth-order valence-corrected chi connectivity index (χ4v) is 3.66. The number of ether oxygens (including phenoxy) is 1. The fourth-order valence-electron chi connectivity index (χ4n) is 3.36. The van der Waals surface area contributed by atoms with Gasteiger partial charge in [0.2, 0.25) is 0 Å². The van der Waals surface area contributed by atoms with Crippen LogP contribution in [-0.2, 0) is 4.79 Å². The Morgan fingerprint density at radius 2 is 1.86 bits per heavy atom. The van der Waals surface area contributed by atoms with Crippen LogP contribution in [0.4, 0.5) is 11.4 Å². The summed E-state index contributed by atoms with van der Waals surface area (Å²) in [5, 5.41) is 3.62. The molecule has 2 aromatic carbocycles. The minimum Gasteiger partial charge on any atom is -0.484 e. The largest absolute Gasteiger partial charge is 0.484 e. The number of benzene rings is 2. The number of nitrogens with one attached hydrogen (secondary N) is 1. The topological polar surface area (TPSA) is 44.8 Å².